The molecule has 0 aliphatic heterocycles. The van der Waals surface area contributed by atoms with Crippen LogP contribution in [0.15, 0.2) is 0 Å². The molecule has 8 heteroatoms. The summed E-state index contributed by atoms with van der Waals surface area (Å²) in [6.45, 7) is 3.02. The van der Waals surface area contributed by atoms with Crippen LogP contribution in [-0.2, 0) is 19.4 Å². The molecule has 0 rings (SSSR count). The molecule has 0 fully saturated rings. The van der Waals surface area contributed by atoms with Gasteiger partial charge in [0.25, 0.3) is 0 Å². The summed E-state index contributed by atoms with van der Waals surface area (Å²) >= 11 is 1.05. The highest BCUT2D eigenvalue weighted by Crippen LogP contribution is 2.24. The summed E-state index contributed by atoms with van der Waals surface area (Å²) in [7, 11) is -3.34. The third kappa shape index (κ3) is 7.22. The van der Waals surface area contributed by atoms with E-state index >= 15 is 0 Å². The fourth-order valence-corrected chi connectivity index (χ4v) is 3.54. The van der Waals surface area contributed by atoms with Gasteiger partial charge in [-0.15, -0.1) is 11.8 Å². The lowest BCUT2D eigenvalue weighted by Crippen LogP contribution is -2.29. The predicted molar refractivity (Wildman–Crippen MR) is 66.6 cm³/mol. The Labute approximate surface area is 105 Å². The van der Waals surface area contributed by atoms with Crippen molar-refractivity contribution in [2.75, 3.05) is 17.3 Å². The zero-order valence-electron chi connectivity index (χ0n) is 9.80. The standard InChI is InChI=1S/C9H17NO5S2/c1-9(2,8(12)13)16-4-6-17(14,15)5-3-7(10)11/h3-6H2,1-2H3,(H2,10,11)(H,12,13). The highest BCUT2D eigenvalue weighted by molar-refractivity contribution is 8.02. The first-order chi connectivity index (χ1) is 7.57. The number of carbonyl (C=O) groups excluding carboxylic acids is 1. The molecule has 0 aromatic heterocycles. The van der Waals surface area contributed by atoms with E-state index in [1.807, 2.05) is 0 Å². The van der Waals surface area contributed by atoms with Crippen LogP contribution >= 0.6 is 11.8 Å². The Bertz CT molecular complexity index is 388. The molecule has 0 aromatic rings. The van der Waals surface area contributed by atoms with Crippen LogP contribution in [0.25, 0.3) is 0 Å². The number of hydrogen-bond donors (Lipinski definition) is 2. The minimum Gasteiger partial charge on any atom is -0.480 e. The van der Waals surface area contributed by atoms with Gasteiger partial charge < -0.3 is 10.8 Å². The highest BCUT2D eigenvalue weighted by Gasteiger charge is 2.28. The molecule has 1 amide bonds. The zero-order valence-corrected chi connectivity index (χ0v) is 11.4. The summed E-state index contributed by atoms with van der Waals surface area (Å²) in [6.07, 6.45) is -0.199. The van der Waals surface area contributed by atoms with Crippen molar-refractivity contribution < 1.29 is 23.1 Å². The van der Waals surface area contributed by atoms with Crippen LogP contribution in [0.2, 0.25) is 0 Å². The Morgan fingerprint density at radius 2 is 1.82 bits per heavy atom. The van der Waals surface area contributed by atoms with Crippen molar-refractivity contribution in [2.24, 2.45) is 5.73 Å². The molecule has 17 heavy (non-hydrogen) atoms. The van der Waals surface area contributed by atoms with Crippen molar-refractivity contribution in [2.45, 2.75) is 25.0 Å². The first kappa shape index (κ1) is 16.2. The van der Waals surface area contributed by atoms with Gasteiger partial charge in [-0.2, -0.15) is 0 Å². The second kappa shape index (κ2) is 6.25. The van der Waals surface area contributed by atoms with E-state index in [0.717, 1.165) is 11.8 Å². The Hall–Kier alpha value is -0.760. The van der Waals surface area contributed by atoms with E-state index < -0.39 is 26.5 Å². The average molecular weight is 283 g/mol. The second-order valence-electron chi connectivity index (χ2n) is 4.03. The lowest BCUT2D eigenvalue weighted by molar-refractivity contribution is -0.138. The molecule has 0 aromatic carbocycles. The molecule has 0 radical (unpaired) electrons. The Balaban J connectivity index is 4.12. The van der Waals surface area contributed by atoms with Crippen molar-refractivity contribution in [1.82, 2.24) is 0 Å². The molecule has 0 atom stereocenters. The van der Waals surface area contributed by atoms with Crippen LogP contribution in [0.5, 0.6) is 0 Å². The quantitative estimate of drug-likeness (QED) is 0.641. The summed E-state index contributed by atoms with van der Waals surface area (Å²) in [4.78, 5) is 21.2. The SMILES string of the molecule is CC(C)(SCCS(=O)(=O)CCC(N)=O)C(=O)O. The molecule has 0 spiro atoms. The van der Waals surface area contributed by atoms with E-state index in [-0.39, 0.29) is 23.7 Å². The van der Waals surface area contributed by atoms with Crippen LogP contribution in [-0.4, -0.2) is 47.4 Å². The Kier molecular flexibility index (Phi) is 5.97. The third-order valence-corrected chi connectivity index (χ3v) is 5.25. The maximum atomic E-state index is 11.4. The fraction of sp³-hybridized carbons (Fsp3) is 0.778. The molecule has 3 N–H and O–H groups in total. The third-order valence-electron chi connectivity index (χ3n) is 2.03. The zero-order chi connectivity index (χ0) is 13.7. The summed E-state index contributed by atoms with van der Waals surface area (Å²) < 4.78 is 21.8. The lowest BCUT2D eigenvalue weighted by atomic mass is 10.2. The first-order valence-corrected chi connectivity index (χ1v) is 7.73. The average Bonchev–Trinajstić information content (AvgIpc) is 2.14. The van der Waals surface area contributed by atoms with E-state index in [0.29, 0.717) is 0 Å². The van der Waals surface area contributed by atoms with Crippen molar-refractivity contribution in [3.8, 4) is 0 Å². The number of thioether (sulfide) groups is 1. The number of hydrogen-bond acceptors (Lipinski definition) is 5. The molecule has 0 aliphatic rings. The number of carboxylic acid groups (broad SMARTS) is 1. The topological polar surface area (TPSA) is 115 Å². The molecule has 0 bridgehead atoms. The van der Waals surface area contributed by atoms with Gasteiger partial charge >= 0.3 is 5.97 Å². The summed E-state index contributed by atoms with van der Waals surface area (Å²) in [6, 6.07) is 0. The molecule has 0 unspecified atom stereocenters. The monoisotopic (exact) mass is 283 g/mol. The molecule has 100 valence electrons. The Morgan fingerprint density at radius 1 is 1.29 bits per heavy atom. The number of nitrogens with two attached hydrogens (primary N) is 1. The fourth-order valence-electron chi connectivity index (χ4n) is 0.844. The molecular formula is C9H17NO5S2. The number of primary amides is 1. The second-order valence-corrected chi connectivity index (χ2v) is 8.05. The van der Waals surface area contributed by atoms with Gasteiger partial charge in [0.15, 0.2) is 9.84 Å². The molecule has 0 heterocycles. The number of rotatable bonds is 8. The van der Waals surface area contributed by atoms with Gasteiger partial charge in [0, 0.05) is 12.2 Å². The van der Waals surface area contributed by atoms with Gasteiger partial charge in [0.1, 0.15) is 4.75 Å². The summed E-state index contributed by atoms with van der Waals surface area (Å²) in [5, 5.41) is 8.82. The maximum absolute atomic E-state index is 11.4. The lowest BCUT2D eigenvalue weighted by Gasteiger charge is -2.17. The summed E-state index contributed by atoms with van der Waals surface area (Å²) in [5.41, 5.74) is 4.85. The number of amides is 1. The minimum absolute atomic E-state index is 0.151. The van der Waals surface area contributed by atoms with Crippen molar-refractivity contribution >= 4 is 33.5 Å². The first-order valence-electron chi connectivity index (χ1n) is 4.93. The van der Waals surface area contributed by atoms with E-state index in [1.165, 1.54) is 13.8 Å². The maximum Gasteiger partial charge on any atom is 0.319 e. The Morgan fingerprint density at radius 3 is 2.24 bits per heavy atom. The normalized spacial score (nSPS) is 12.4. The number of carbonyl (C=O) groups is 2. The number of aliphatic carboxylic acids is 1. The van der Waals surface area contributed by atoms with E-state index in [2.05, 4.69) is 0 Å². The van der Waals surface area contributed by atoms with Crippen molar-refractivity contribution in [1.29, 1.82) is 0 Å². The van der Waals surface area contributed by atoms with Crippen LogP contribution in [0.1, 0.15) is 20.3 Å². The van der Waals surface area contributed by atoms with Crippen LogP contribution in [0, 0.1) is 0 Å². The smallest absolute Gasteiger partial charge is 0.319 e. The molecule has 0 saturated heterocycles. The van der Waals surface area contributed by atoms with Gasteiger partial charge in [-0.3, -0.25) is 9.59 Å². The molecular weight excluding hydrogens is 266 g/mol. The van der Waals surface area contributed by atoms with Gasteiger partial charge in [0.05, 0.1) is 11.5 Å². The summed E-state index contributed by atoms with van der Waals surface area (Å²) in [5.74, 6) is -1.90. The largest absolute Gasteiger partial charge is 0.480 e. The van der Waals surface area contributed by atoms with Crippen molar-refractivity contribution in [3.05, 3.63) is 0 Å². The van der Waals surface area contributed by atoms with Crippen LogP contribution in [0.4, 0.5) is 0 Å². The molecule has 6 nitrogen and oxygen atoms in total. The number of carboxylic acids is 1. The van der Waals surface area contributed by atoms with E-state index in [4.69, 9.17) is 10.8 Å². The van der Waals surface area contributed by atoms with Crippen LogP contribution in [0.3, 0.4) is 0 Å². The van der Waals surface area contributed by atoms with Crippen LogP contribution < -0.4 is 5.73 Å². The van der Waals surface area contributed by atoms with E-state index in [1.54, 1.807) is 0 Å². The molecule has 0 saturated carbocycles. The van der Waals surface area contributed by atoms with Gasteiger partial charge in [-0.1, -0.05) is 0 Å². The van der Waals surface area contributed by atoms with Gasteiger partial charge in [0.2, 0.25) is 5.91 Å². The predicted octanol–water partition coefficient (Wildman–Crippen LogP) is -0.127. The minimum atomic E-state index is -3.34. The van der Waals surface area contributed by atoms with Crippen molar-refractivity contribution in [3.63, 3.8) is 0 Å². The number of sulfone groups is 1. The van der Waals surface area contributed by atoms with Gasteiger partial charge in [-0.25, -0.2) is 8.42 Å². The molecule has 0 aliphatic carbocycles. The highest BCUT2D eigenvalue weighted by atomic mass is 32.2. The van der Waals surface area contributed by atoms with Gasteiger partial charge in [-0.05, 0) is 13.8 Å². The van der Waals surface area contributed by atoms with E-state index in [9.17, 15) is 18.0 Å².